The van der Waals surface area contributed by atoms with Gasteiger partial charge < -0.3 is 10.5 Å². The lowest BCUT2D eigenvalue weighted by atomic mass is 10.1. The van der Waals surface area contributed by atoms with Gasteiger partial charge in [0, 0.05) is 31.7 Å². The normalized spacial score (nSPS) is 25.1. The lowest BCUT2D eigenvalue weighted by Crippen LogP contribution is -2.28. The van der Waals surface area contributed by atoms with Crippen LogP contribution in [-0.2, 0) is 6.54 Å². The van der Waals surface area contributed by atoms with Crippen LogP contribution in [0.2, 0.25) is 0 Å². The predicted octanol–water partition coefficient (Wildman–Crippen LogP) is 1.26. The van der Waals surface area contributed by atoms with Crippen molar-refractivity contribution in [3.8, 4) is 5.88 Å². The van der Waals surface area contributed by atoms with Gasteiger partial charge in [0.1, 0.15) is 0 Å². The van der Waals surface area contributed by atoms with Gasteiger partial charge in [-0.2, -0.15) is 0 Å². The van der Waals surface area contributed by atoms with Crippen molar-refractivity contribution in [3.63, 3.8) is 0 Å². The standard InChI is InChI=1S/C13H21N3O/c1-3-17-13-6-4-5-11(15-13)8-16-7-10(2)12(14)9-16/h4-6,10,12H,3,7-9,14H2,1-2H3. The summed E-state index contributed by atoms with van der Waals surface area (Å²) in [7, 11) is 0. The zero-order chi connectivity index (χ0) is 12.3. The van der Waals surface area contributed by atoms with Gasteiger partial charge in [-0.3, -0.25) is 4.90 Å². The summed E-state index contributed by atoms with van der Waals surface area (Å²) in [4.78, 5) is 6.83. The minimum atomic E-state index is 0.296. The number of hydrogen-bond acceptors (Lipinski definition) is 4. The molecule has 1 saturated heterocycles. The van der Waals surface area contributed by atoms with Crippen LogP contribution in [0.5, 0.6) is 5.88 Å². The highest BCUT2D eigenvalue weighted by Crippen LogP contribution is 2.17. The number of nitrogens with zero attached hydrogens (tertiary/aromatic N) is 2. The molecule has 2 atom stereocenters. The van der Waals surface area contributed by atoms with Crippen LogP contribution in [0.4, 0.5) is 0 Å². The number of pyridine rings is 1. The fourth-order valence-corrected chi connectivity index (χ4v) is 2.23. The van der Waals surface area contributed by atoms with Crippen LogP contribution in [0.15, 0.2) is 18.2 Å². The molecule has 2 rings (SSSR count). The number of likely N-dealkylation sites (tertiary alicyclic amines) is 1. The van der Waals surface area contributed by atoms with E-state index in [1.807, 2.05) is 25.1 Å². The molecule has 2 unspecified atom stereocenters. The zero-order valence-electron chi connectivity index (χ0n) is 10.6. The van der Waals surface area contributed by atoms with E-state index in [2.05, 4.69) is 16.8 Å². The molecule has 1 aliphatic heterocycles. The quantitative estimate of drug-likeness (QED) is 0.853. The van der Waals surface area contributed by atoms with Gasteiger partial charge in [-0.05, 0) is 18.9 Å². The van der Waals surface area contributed by atoms with Gasteiger partial charge in [0.2, 0.25) is 5.88 Å². The highest BCUT2D eigenvalue weighted by molar-refractivity contribution is 5.16. The maximum atomic E-state index is 6.01. The van der Waals surface area contributed by atoms with Crippen molar-refractivity contribution < 1.29 is 4.74 Å². The molecule has 2 heterocycles. The lowest BCUT2D eigenvalue weighted by molar-refractivity contribution is 0.304. The van der Waals surface area contributed by atoms with E-state index in [1.54, 1.807) is 0 Å². The molecule has 0 saturated carbocycles. The van der Waals surface area contributed by atoms with E-state index in [0.29, 0.717) is 24.4 Å². The third-order valence-electron chi connectivity index (χ3n) is 3.21. The molecule has 0 spiro atoms. The lowest BCUT2D eigenvalue weighted by Gasteiger charge is -2.15. The van der Waals surface area contributed by atoms with E-state index in [-0.39, 0.29) is 0 Å². The van der Waals surface area contributed by atoms with E-state index in [0.717, 1.165) is 25.3 Å². The Morgan fingerprint density at radius 2 is 2.29 bits per heavy atom. The Bertz CT molecular complexity index is 359. The van der Waals surface area contributed by atoms with Crippen LogP contribution in [0.1, 0.15) is 19.5 Å². The average Bonchev–Trinajstić information content (AvgIpc) is 2.59. The van der Waals surface area contributed by atoms with E-state index in [9.17, 15) is 0 Å². The van der Waals surface area contributed by atoms with E-state index in [4.69, 9.17) is 10.5 Å². The van der Waals surface area contributed by atoms with Crippen molar-refractivity contribution in [2.24, 2.45) is 11.7 Å². The maximum Gasteiger partial charge on any atom is 0.213 e. The van der Waals surface area contributed by atoms with Crippen molar-refractivity contribution in [3.05, 3.63) is 23.9 Å². The van der Waals surface area contributed by atoms with Crippen LogP contribution < -0.4 is 10.5 Å². The van der Waals surface area contributed by atoms with E-state index >= 15 is 0 Å². The minimum Gasteiger partial charge on any atom is -0.478 e. The fourth-order valence-electron chi connectivity index (χ4n) is 2.23. The number of hydrogen-bond donors (Lipinski definition) is 1. The summed E-state index contributed by atoms with van der Waals surface area (Å²) < 4.78 is 5.40. The molecule has 0 amide bonds. The maximum absolute atomic E-state index is 6.01. The summed E-state index contributed by atoms with van der Waals surface area (Å²) in [5, 5.41) is 0. The highest BCUT2D eigenvalue weighted by atomic mass is 16.5. The number of ether oxygens (including phenoxy) is 1. The Morgan fingerprint density at radius 3 is 2.94 bits per heavy atom. The van der Waals surface area contributed by atoms with Gasteiger partial charge in [-0.15, -0.1) is 0 Å². The Hall–Kier alpha value is -1.13. The second kappa shape index (κ2) is 5.47. The first-order chi connectivity index (χ1) is 8.19. The molecule has 1 aromatic heterocycles. The van der Waals surface area contributed by atoms with Gasteiger partial charge >= 0.3 is 0 Å². The van der Waals surface area contributed by atoms with Crippen LogP contribution in [-0.4, -0.2) is 35.6 Å². The molecule has 4 nitrogen and oxygen atoms in total. The largest absolute Gasteiger partial charge is 0.478 e. The predicted molar refractivity (Wildman–Crippen MR) is 67.8 cm³/mol. The van der Waals surface area contributed by atoms with Crippen molar-refractivity contribution in [1.82, 2.24) is 9.88 Å². The second-order valence-electron chi connectivity index (χ2n) is 4.74. The van der Waals surface area contributed by atoms with Crippen LogP contribution >= 0.6 is 0 Å². The molecular formula is C13H21N3O. The third-order valence-corrected chi connectivity index (χ3v) is 3.21. The molecule has 4 heteroatoms. The van der Waals surface area contributed by atoms with Gasteiger partial charge in [-0.25, -0.2) is 4.98 Å². The van der Waals surface area contributed by atoms with E-state index in [1.165, 1.54) is 0 Å². The fraction of sp³-hybridized carbons (Fsp3) is 0.615. The van der Waals surface area contributed by atoms with E-state index < -0.39 is 0 Å². The van der Waals surface area contributed by atoms with Gasteiger partial charge in [0.05, 0.1) is 12.3 Å². The number of nitrogens with two attached hydrogens (primary N) is 1. The highest BCUT2D eigenvalue weighted by Gasteiger charge is 2.26. The van der Waals surface area contributed by atoms with Crippen LogP contribution in [0, 0.1) is 5.92 Å². The zero-order valence-corrected chi connectivity index (χ0v) is 10.6. The smallest absolute Gasteiger partial charge is 0.213 e. The molecule has 0 bridgehead atoms. The Labute approximate surface area is 103 Å². The molecular weight excluding hydrogens is 214 g/mol. The van der Waals surface area contributed by atoms with Gasteiger partial charge in [0.25, 0.3) is 0 Å². The average molecular weight is 235 g/mol. The summed E-state index contributed by atoms with van der Waals surface area (Å²) in [5.74, 6) is 1.28. The molecule has 17 heavy (non-hydrogen) atoms. The Morgan fingerprint density at radius 1 is 1.47 bits per heavy atom. The topological polar surface area (TPSA) is 51.4 Å². The molecule has 0 radical (unpaired) electrons. The summed E-state index contributed by atoms with van der Waals surface area (Å²) in [6, 6.07) is 6.22. The first-order valence-corrected chi connectivity index (χ1v) is 6.25. The van der Waals surface area contributed by atoms with Crippen molar-refractivity contribution in [2.45, 2.75) is 26.4 Å². The molecule has 2 N–H and O–H groups in total. The van der Waals surface area contributed by atoms with Crippen molar-refractivity contribution in [2.75, 3.05) is 19.7 Å². The summed E-state index contributed by atoms with van der Waals surface area (Å²) in [5.41, 5.74) is 7.07. The number of aromatic nitrogens is 1. The Kier molecular flexibility index (Phi) is 3.97. The molecule has 1 aliphatic rings. The Balaban J connectivity index is 1.97. The molecule has 94 valence electrons. The summed E-state index contributed by atoms with van der Waals surface area (Å²) in [6.45, 7) is 7.70. The van der Waals surface area contributed by atoms with Crippen molar-refractivity contribution in [1.29, 1.82) is 0 Å². The molecule has 1 fully saturated rings. The molecule has 0 aromatic carbocycles. The molecule has 1 aromatic rings. The SMILES string of the molecule is CCOc1cccc(CN2CC(C)C(N)C2)n1. The summed E-state index contributed by atoms with van der Waals surface area (Å²) >= 11 is 0. The molecule has 0 aliphatic carbocycles. The van der Waals surface area contributed by atoms with Crippen LogP contribution in [0.3, 0.4) is 0 Å². The number of rotatable bonds is 4. The van der Waals surface area contributed by atoms with Crippen molar-refractivity contribution >= 4 is 0 Å². The second-order valence-corrected chi connectivity index (χ2v) is 4.74. The third kappa shape index (κ3) is 3.17. The monoisotopic (exact) mass is 235 g/mol. The van der Waals surface area contributed by atoms with Gasteiger partial charge in [-0.1, -0.05) is 13.0 Å². The minimum absolute atomic E-state index is 0.296. The van der Waals surface area contributed by atoms with Crippen LogP contribution in [0.25, 0.3) is 0 Å². The summed E-state index contributed by atoms with van der Waals surface area (Å²) in [6.07, 6.45) is 0. The van der Waals surface area contributed by atoms with Gasteiger partial charge in [0.15, 0.2) is 0 Å². The first-order valence-electron chi connectivity index (χ1n) is 6.25. The first kappa shape index (κ1) is 12.3.